The van der Waals surface area contributed by atoms with E-state index in [4.69, 9.17) is 5.11 Å². The molecule has 0 heterocycles. The summed E-state index contributed by atoms with van der Waals surface area (Å²) in [4.78, 5) is 23.4. The van der Waals surface area contributed by atoms with Crippen LogP contribution in [0, 0.1) is 5.92 Å². The first kappa shape index (κ1) is 15.8. The molecule has 0 saturated carbocycles. The minimum atomic E-state index is -0.681. The molecule has 0 radical (unpaired) electrons. The number of aliphatic hydroxyl groups excluding tert-OH is 1. The Labute approximate surface area is 103 Å². The largest absolute Gasteiger partial charge is 0.395 e. The summed E-state index contributed by atoms with van der Waals surface area (Å²) in [5.41, 5.74) is 0.644. The molecular formula is C13H23NO3. The molecule has 0 unspecified atom stereocenters. The summed E-state index contributed by atoms with van der Waals surface area (Å²) in [6.07, 6.45) is 4.90. The van der Waals surface area contributed by atoms with Gasteiger partial charge in [0.2, 0.25) is 5.91 Å². The molecule has 0 rings (SSSR count). The highest BCUT2D eigenvalue weighted by Crippen LogP contribution is 2.09. The first-order valence-electron chi connectivity index (χ1n) is 6.14. The van der Waals surface area contributed by atoms with E-state index in [1.165, 1.54) is 0 Å². The first-order chi connectivity index (χ1) is 8.04. The van der Waals surface area contributed by atoms with Gasteiger partial charge in [-0.3, -0.25) is 9.59 Å². The van der Waals surface area contributed by atoms with Crippen LogP contribution in [0.5, 0.6) is 0 Å². The Morgan fingerprint density at radius 2 is 2.06 bits per heavy atom. The Balaban J connectivity index is 4.28. The van der Waals surface area contributed by atoms with Crippen LogP contribution in [-0.4, -0.2) is 29.9 Å². The van der Waals surface area contributed by atoms with Crippen LogP contribution >= 0.6 is 0 Å². The fourth-order valence-electron chi connectivity index (χ4n) is 1.42. The summed E-state index contributed by atoms with van der Waals surface area (Å²) < 4.78 is 0. The highest BCUT2D eigenvalue weighted by molar-refractivity contribution is 6.09. The van der Waals surface area contributed by atoms with Gasteiger partial charge in [-0.25, -0.2) is 0 Å². The van der Waals surface area contributed by atoms with E-state index in [1.54, 1.807) is 13.8 Å². The summed E-state index contributed by atoms with van der Waals surface area (Å²) in [6, 6.07) is 0. The Morgan fingerprint density at radius 3 is 2.59 bits per heavy atom. The van der Waals surface area contributed by atoms with Gasteiger partial charge < -0.3 is 10.4 Å². The molecule has 0 aliphatic heterocycles. The fourth-order valence-corrected chi connectivity index (χ4v) is 1.42. The number of unbranched alkanes of at least 4 members (excludes halogenated alkanes) is 2. The Kier molecular flexibility index (Phi) is 8.32. The smallest absolute Gasteiger partial charge is 0.230 e. The molecule has 0 aromatic rings. The zero-order valence-electron chi connectivity index (χ0n) is 11.0. The normalized spacial score (nSPS) is 13.3. The number of nitrogens with one attached hydrogen (secondary N) is 1. The minimum Gasteiger partial charge on any atom is -0.395 e. The maximum atomic E-state index is 11.9. The molecule has 2 N–H and O–H groups in total. The molecule has 0 fully saturated rings. The molecule has 0 aliphatic rings. The van der Waals surface area contributed by atoms with E-state index in [2.05, 4.69) is 12.2 Å². The minimum absolute atomic E-state index is 0.113. The average Bonchev–Trinajstić information content (AvgIpc) is 2.34. The van der Waals surface area contributed by atoms with Crippen LogP contribution in [-0.2, 0) is 9.59 Å². The average molecular weight is 241 g/mol. The Morgan fingerprint density at radius 1 is 1.41 bits per heavy atom. The van der Waals surface area contributed by atoms with Gasteiger partial charge in [-0.05, 0) is 25.8 Å². The lowest BCUT2D eigenvalue weighted by Crippen LogP contribution is -2.35. The standard InChI is InChI=1S/C13H23NO3/c1-4-5-6-7-10(2)12(16)11(3)13(17)14-8-9-15/h7,11,15H,4-6,8-9H2,1-3H3,(H,14,17)/b10-7+/t11-/m0/s1. The lowest BCUT2D eigenvalue weighted by molar-refractivity contribution is -0.131. The summed E-state index contributed by atoms with van der Waals surface area (Å²) in [6.45, 7) is 5.50. The molecule has 0 aromatic carbocycles. The molecule has 0 bridgehead atoms. The third-order valence-corrected chi connectivity index (χ3v) is 2.59. The molecule has 4 heteroatoms. The number of rotatable bonds is 8. The van der Waals surface area contributed by atoms with Crippen LogP contribution in [0.25, 0.3) is 0 Å². The summed E-state index contributed by atoms with van der Waals surface area (Å²) >= 11 is 0. The zero-order chi connectivity index (χ0) is 13.3. The van der Waals surface area contributed by atoms with Gasteiger partial charge in [-0.15, -0.1) is 0 Å². The van der Waals surface area contributed by atoms with E-state index in [1.807, 2.05) is 6.08 Å². The van der Waals surface area contributed by atoms with Crippen LogP contribution in [0.15, 0.2) is 11.6 Å². The molecule has 1 atom stereocenters. The lowest BCUT2D eigenvalue weighted by atomic mass is 9.98. The summed E-state index contributed by atoms with van der Waals surface area (Å²) in [7, 11) is 0. The fraction of sp³-hybridized carbons (Fsp3) is 0.692. The molecule has 0 aliphatic carbocycles. The van der Waals surface area contributed by atoms with Crippen LogP contribution in [0.3, 0.4) is 0 Å². The third-order valence-electron chi connectivity index (χ3n) is 2.59. The van der Waals surface area contributed by atoms with Crippen molar-refractivity contribution in [1.29, 1.82) is 0 Å². The van der Waals surface area contributed by atoms with Crippen LogP contribution < -0.4 is 5.32 Å². The van der Waals surface area contributed by atoms with Gasteiger partial charge in [-0.2, -0.15) is 0 Å². The number of allylic oxidation sites excluding steroid dienone is 2. The van der Waals surface area contributed by atoms with E-state index in [9.17, 15) is 9.59 Å². The SMILES string of the molecule is CCCC/C=C(\C)C(=O)[C@H](C)C(=O)NCCO. The zero-order valence-corrected chi connectivity index (χ0v) is 11.0. The topological polar surface area (TPSA) is 66.4 Å². The van der Waals surface area contributed by atoms with Crippen molar-refractivity contribution < 1.29 is 14.7 Å². The van der Waals surface area contributed by atoms with Gasteiger partial charge in [0, 0.05) is 6.54 Å². The number of amides is 1. The second kappa shape index (κ2) is 8.93. The van der Waals surface area contributed by atoms with Crippen molar-refractivity contribution in [1.82, 2.24) is 5.32 Å². The van der Waals surface area contributed by atoms with Crippen molar-refractivity contribution in [2.45, 2.75) is 40.0 Å². The van der Waals surface area contributed by atoms with Crippen LogP contribution in [0.1, 0.15) is 40.0 Å². The van der Waals surface area contributed by atoms with E-state index in [0.29, 0.717) is 5.57 Å². The number of Topliss-reactive ketones (excluding diaryl/α,β-unsaturated/α-hetero) is 1. The van der Waals surface area contributed by atoms with Gasteiger partial charge in [0.05, 0.1) is 12.5 Å². The summed E-state index contributed by atoms with van der Waals surface area (Å²) in [5.74, 6) is -1.15. The molecular weight excluding hydrogens is 218 g/mol. The monoisotopic (exact) mass is 241 g/mol. The number of hydrogen-bond acceptors (Lipinski definition) is 3. The van der Waals surface area contributed by atoms with E-state index >= 15 is 0 Å². The maximum absolute atomic E-state index is 11.9. The number of ketones is 1. The molecule has 0 saturated heterocycles. The number of aliphatic hydroxyl groups is 1. The van der Waals surface area contributed by atoms with Gasteiger partial charge in [0.15, 0.2) is 5.78 Å². The van der Waals surface area contributed by atoms with Gasteiger partial charge in [0.25, 0.3) is 0 Å². The van der Waals surface area contributed by atoms with Crippen LogP contribution in [0.4, 0.5) is 0 Å². The van der Waals surface area contributed by atoms with Gasteiger partial charge >= 0.3 is 0 Å². The highest BCUT2D eigenvalue weighted by Gasteiger charge is 2.21. The molecule has 4 nitrogen and oxygen atoms in total. The molecule has 1 amide bonds. The first-order valence-corrected chi connectivity index (χ1v) is 6.14. The van der Waals surface area contributed by atoms with E-state index in [0.717, 1.165) is 19.3 Å². The van der Waals surface area contributed by atoms with Crippen molar-refractivity contribution in [3.8, 4) is 0 Å². The van der Waals surface area contributed by atoms with E-state index < -0.39 is 5.92 Å². The second-order valence-corrected chi connectivity index (χ2v) is 4.13. The highest BCUT2D eigenvalue weighted by atomic mass is 16.3. The third kappa shape index (κ3) is 6.22. The predicted octanol–water partition coefficient (Wildman–Crippen LogP) is 1.44. The molecule has 17 heavy (non-hydrogen) atoms. The Bertz CT molecular complexity index is 284. The summed E-state index contributed by atoms with van der Waals surface area (Å²) in [5, 5.41) is 11.1. The Hall–Kier alpha value is -1.16. The quantitative estimate of drug-likeness (QED) is 0.384. The maximum Gasteiger partial charge on any atom is 0.230 e. The number of carbonyl (C=O) groups is 2. The number of hydrogen-bond donors (Lipinski definition) is 2. The van der Waals surface area contributed by atoms with Crippen molar-refractivity contribution in [2.75, 3.05) is 13.2 Å². The lowest BCUT2D eigenvalue weighted by Gasteiger charge is -2.10. The number of carbonyl (C=O) groups excluding carboxylic acids is 2. The van der Waals surface area contributed by atoms with Crippen molar-refractivity contribution in [3.05, 3.63) is 11.6 Å². The van der Waals surface area contributed by atoms with Crippen molar-refractivity contribution in [2.24, 2.45) is 5.92 Å². The van der Waals surface area contributed by atoms with Crippen molar-refractivity contribution in [3.63, 3.8) is 0 Å². The van der Waals surface area contributed by atoms with Crippen molar-refractivity contribution >= 4 is 11.7 Å². The predicted molar refractivity (Wildman–Crippen MR) is 67.5 cm³/mol. The van der Waals surface area contributed by atoms with Gasteiger partial charge in [-0.1, -0.05) is 25.8 Å². The van der Waals surface area contributed by atoms with Crippen LogP contribution in [0.2, 0.25) is 0 Å². The molecule has 0 aromatic heterocycles. The van der Waals surface area contributed by atoms with E-state index in [-0.39, 0.29) is 24.8 Å². The molecule has 98 valence electrons. The van der Waals surface area contributed by atoms with Gasteiger partial charge in [0.1, 0.15) is 0 Å². The molecule has 0 spiro atoms. The second-order valence-electron chi connectivity index (χ2n) is 4.13.